The quantitative estimate of drug-likeness (QED) is 0.824. The Morgan fingerprint density at radius 2 is 1.42 bits per heavy atom. The molecule has 1 aliphatic heterocycles. The molecule has 0 aliphatic carbocycles. The first-order chi connectivity index (χ1) is 12.4. The molecule has 7 heteroatoms. The Morgan fingerprint density at radius 1 is 0.808 bits per heavy atom. The molecule has 1 heterocycles. The number of halogens is 3. The van der Waals surface area contributed by atoms with Crippen molar-refractivity contribution in [2.24, 2.45) is 0 Å². The lowest BCUT2D eigenvalue weighted by Gasteiger charge is -2.35. The summed E-state index contributed by atoms with van der Waals surface area (Å²) in [4.78, 5) is 27.9. The SMILES string of the molecule is Cc1cc(C(=O)N2CCN(C(=O)c3ccc(F)cc3F)CC2)ccc1F. The van der Waals surface area contributed by atoms with E-state index >= 15 is 0 Å². The van der Waals surface area contributed by atoms with E-state index in [1.165, 1.54) is 23.1 Å². The third-order valence-electron chi connectivity index (χ3n) is 4.42. The summed E-state index contributed by atoms with van der Waals surface area (Å²) in [5, 5.41) is 0. The van der Waals surface area contributed by atoms with Crippen molar-refractivity contribution in [3.63, 3.8) is 0 Å². The molecule has 0 aromatic heterocycles. The Labute approximate surface area is 148 Å². The van der Waals surface area contributed by atoms with Crippen molar-refractivity contribution in [1.82, 2.24) is 9.80 Å². The maximum atomic E-state index is 13.8. The summed E-state index contributed by atoms with van der Waals surface area (Å²) >= 11 is 0. The molecule has 136 valence electrons. The molecule has 0 N–H and O–H groups in total. The highest BCUT2D eigenvalue weighted by Gasteiger charge is 2.27. The van der Waals surface area contributed by atoms with E-state index in [1.54, 1.807) is 11.8 Å². The zero-order valence-electron chi connectivity index (χ0n) is 14.1. The molecule has 2 amide bonds. The van der Waals surface area contributed by atoms with Crippen LogP contribution in [0.5, 0.6) is 0 Å². The van der Waals surface area contributed by atoms with Crippen molar-refractivity contribution < 1.29 is 22.8 Å². The third kappa shape index (κ3) is 3.56. The predicted molar refractivity (Wildman–Crippen MR) is 89.3 cm³/mol. The van der Waals surface area contributed by atoms with E-state index in [1.807, 2.05) is 0 Å². The van der Waals surface area contributed by atoms with Gasteiger partial charge in [-0.05, 0) is 42.8 Å². The molecule has 0 radical (unpaired) electrons. The summed E-state index contributed by atoms with van der Waals surface area (Å²) in [6.07, 6.45) is 0. The van der Waals surface area contributed by atoms with Crippen LogP contribution in [-0.4, -0.2) is 47.8 Å². The molecule has 4 nitrogen and oxygen atoms in total. The minimum absolute atomic E-state index is 0.194. The van der Waals surface area contributed by atoms with E-state index in [-0.39, 0.29) is 43.5 Å². The van der Waals surface area contributed by atoms with Crippen LogP contribution < -0.4 is 0 Å². The molecule has 0 saturated carbocycles. The summed E-state index contributed by atoms with van der Waals surface area (Å²) < 4.78 is 40.1. The van der Waals surface area contributed by atoms with E-state index in [2.05, 4.69) is 0 Å². The van der Waals surface area contributed by atoms with Gasteiger partial charge in [0, 0.05) is 37.8 Å². The molecule has 0 atom stereocenters. The summed E-state index contributed by atoms with van der Waals surface area (Å²) in [6.45, 7) is 2.62. The van der Waals surface area contributed by atoms with Crippen LogP contribution in [-0.2, 0) is 0 Å². The van der Waals surface area contributed by atoms with Gasteiger partial charge in [-0.3, -0.25) is 9.59 Å². The number of carbonyl (C=O) groups is 2. The zero-order chi connectivity index (χ0) is 18.8. The minimum atomic E-state index is -0.907. The van der Waals surface area contributed by atoms with Crippen LogP contribution >= 0.6 is 0 Å². The average Bonchev–Trinajstić information content (AvgIpc) is 2.63. The number of benzene rings is 2. The maximum absolute atomic E-state index is 13.8. The third-order valence-corrected chi connectivity index (χ3v) is 4.42. The van der Waals surface area contributed by atoms with Gasteiger partial charge < -0.3 is 9.80 Å². The Bertz CT molecular complexity index is 862. The molecule has 1 fully saturated rings. The van der Waals surface area contributed by atoms with Crippen LogP contribution in [0, 0.1) is 24.4 Å². The van der Waals surface area contributed by atoms with E-state index in [0.29, 0.717) is 17.2 Å². The van der Waals surface area contributed by atoms with Gasteiger partial charge in [-0.2, -0.15) is 0 Å². The number of hydrogen-bond acceptors (Lipinski definition) is 2. The van der Waals surface area contributed by atoms with Crippen LogP contribution in [0.15, 0.2) is 36.4 Å². The Morgan fingerprint density at radius 3 is 2.00 bits per heavy atom. The van der Waals surface area contributed by atoms with Gasteiger partial charge >= 0.3 is 0 Å². The van der Waals surface area contributed by atoms with Gasteiger partial charge in [0.05, 0.1) is 5.56 Å². The predicted octanol–water partition coefficient (Wildman–Crippen LogP) is 3.01. The van der Waals surface area contributed by atoms with Crippen LogP contribution in [0.1, 0.15) is 26.3 Å². The first kappa shape index (κ1) is 18.0. The lowest BCUT2D eigenvalue weighted by atomic mass is 10.1. The van der Waals surface area contributed by atoms with Gasteiger partial charge in [0.2, 0.25) is 0 Å². The number of hydrogen-bond donors (Lipinski definition) is 0. The molecule has 3 rings (SSSR count). The van der Waals surface area contributed by atoms with Crippen molar-refractivity contribution in [2.75, 3.05) is 26.2 Å². The van der Waals surface area contributed by atoms with E-state index in [0.717, 1.165) is 12.1 Å². The summed E-state index contributed by atoms with van der Waals surface area (Å²) in [7, 11) is 0. The van der Waals surface area contributed by atoms with Crippen molar-refractivity contribution in [3.05, 3.63) is 70.5 Å². The van der Waals surface area contributed by atoms with Gasteiger partial charge in [0.25, 0.3) is 11.8 Å². The largest absolute Gasteiger partial charge is 0.335 e. The smallest absolute Gasteiger partial charge is 0.256 e. The number of nitrogens with zero attached hydrogens (tertiary/aromatic N) is 2. The second-order valence-corrected chi connectivity index (χ2v) is 6.17. The van der Waals surface area contributed by atoms with Crippen LogP contribution in [0.25, 0.3) is 0 Å². The second-order valence-electron chi connectivity index (χ2n) is 6.17. The monoisotopic (exact) mass is 362 g/mol. The molecule has 1 saturated heterocycles. The normalized spacial score (nSPS) is 14.5. The van der Waals surface area contributed by atoms with Crippen LogP contribution in [0.4, 0.5) is 13.2 Å². The molecule has 0 spiro atoms. The molecule has 1 aliphatic rings. The van der Waals surface area contributed by atoms with E-state index in [9.17, 15) is 22.8 Å². The van der Waals surface area contributed by atoms with Gasteiger partial charge in [-0.25, -0.2) is 13.2 Å². The average molecular weight is 362 g/mol. The van der Waals surface area contributed by atoms with Crippen LogP contribution in [0.2, 0.25) is 0 Å². The van der Waals surface area contributed by atoms with Crippen molar-refractivity contribution in [2.45, 2.75) is 6.92 Å². The summed E-state index contributed by atoms with van der Waals surface area (Å²) in [5.41, 5.74) is 0.574. The fraction of sp³-hybridized carbons (Fsp3) is 0.263. The summed E-state index contributed by atoms with van der Waals surface area (Å²) in [6, 6.07) is 6.99. The number of aryl methyl sites for hydroxylation is 1. The number of carbonyl (C=O) groups excluding carboxylic acids is 2. The van der Waals surface area contributed by atoms with Crippen LogP contribution in [0.3, 0.4) is 0 Å². The van der Waals surface area contributed by atoms with E-state index < -0.39 is 17.5 Å². The van der Waals surface area contributed by atoms with Crippen molar-refractivity contribution >= 4 is 11.8 Å². The number of amides is 2. The van der Waals surface area contributed by atoms with Gasteiger partial charge in [0.1, 0.15) is 17.5 Å². The lowest BCUT2D eigenvalue weighted by molar-refractivity contribution is 0.0532. The molecule has 0 bridgehead atoms. The zero-order valence-corrected chi connectivity index (χ0v) is 14.1. The standard InChI is InChI=1S/C19H17F3N2O2/c1-12-10-13(2-5-16(12)21)18(25)23-6-8-24(9-7-23)19(26)15-4-3-14(20)11-17(15)22/h2-5,10-11H,6-9H2,1H3. The molecule has 2 aromatic carbocycles. The van der Waals surface area contributed by atoms with Crippen molar-refractivity contribution in [1.29, 1.82) is 0 Å². The van der Waals surface area contributed by atoms with E-state index in [4.69, 9.17) is 0 Å². The molecular formula is C19H17F3N2O2. The number of rotatable bonds is 2. The van der Waals surface area contributed by atoms with Crippen molar-refractivity contribution in [3.8, 4) is 0 Å². The Kier molecular flexibility index (Phi) is 4.97. The summed E-state index contributed by atoms with van der Waals surface area (Å²) in [5.74, 6) is -2.81. The fourth-order valence-corrected chi connectivity index (χ4v) is 2.91. The molecule has 26 heavy (non-hydrogen) atoms. The Balaban J connectivity index is 1.66. The van der Waals surface area contributed by atoms with Gasteiger partial charge in [0.15, 0.2) is 0 Å². The Hall–Kier alpha value is -2.83. The maximum Gasteiger partial charge on any atom is 0.256 e. The highest BCUT2D eigenvalue weighted by Crippen LogP contribution is 2.16. The first-order valence-corrected chi connectivity index (χ1v) is 8.16. The molecule has 0 unspecified atom stereocenters. The topological polar surface area (TPSA) is 40.6 Å². The van der Waals surface area contributed by atoms with Gasteiger partial charge in [-0.1, -0.05) is 0 Å². The lowest BCUT2D eigenvalue weighted by Crippen LogP contribution is -2.50. The first-order valence-electron chi connectivity index (χ1n) is 8.16. The highest BCUT2D eigenvalue weighted by molar-refractivity contribution is 5.96. The minimum Gasteiger partial charge on any atom is -0.335 e. The highest BCUT2D eigenvalue weighted by atomic mass is 19.1. The molecular weight excluding hydrogens is 345 g/mol. The molecule has 2 aromatic rings. The van der Waals surface area contributed by atoms with Gasteiger partial charge in [-0.15, -0.1) is 0 Å². The number of piperazine rings is 1. The fourth-order valence-electron chi connectivity index (χ4n) is 2.91. The second kappa shape index (κ2) is 7.19.